The standard InChI is InChI=1S/C24H25ClF3NO5/c1-6-32-21(30)23(3,4)34-15-8-9-16(17(25)12-15)13(2)20(24(26,27)28)14-7-10-19-18(11-14)29(5)22(31)33-19/h7-13,20H,6H2,1-5H3. The normalized spacial score (nSPS) is 14.1. The largest absolute Gasteiger partial charge is 0.476 e. The highest BCUT2D eigenvalue weighted by molar-refractivity contribution is 6.31. The van der Waals surface area contributed by atoms with Gasteiger partial charge in [-0.3, -0.25) is 4.57 Å². The van der Waals surface area contributed by atoms with Gasteiger partial charge in [0.2, 0.25) is 0 Å². The molecule has 3 aromatic rings. The summed E-state index contributed by atoms with van der Waals surface area (Å²) in [6, 6.07) is 8.26. The van der Waals surface area contributed by atoms with Crippen molar-refractivity contribution in [1.29, 1.82) is 0 Å². The lowest BCUT2D eigenvalue weighted by molar-refractivity contribution is -0.158. The van der Waals surface area contributed by atoms with Crippen LogP contribution in [0.2, 0.25) is 5.02 Å². The third-order valence-electron chi connectivity index (χ3n) is 5.63. The van der Waals surface area contributed by atoms with Crippen molar-refractivity contribution in [3.05, 3.63) is 63.1 Å². The molecule has 34 heavy (non-hydrogen) atoms. The summed E-state index contributed by atoms with van der Waals surface area (Å²) in [6.45, 7) is 6.33. The van der Waals surface area contributed by atoms with Gasteiger partial charge >= 0.3 is 17.9 Å². The molecule has 0 fully saturated rings. The second kappa shape index (κ2) is 9.37. The van der Waals surface area contributed by atoms with Crippen LogP contribution in [0.3, 0.4) is 0 Å². The minimum atomic E-state index is -4.60. The van der Waals surface area contributed by atoms with E-state index in [1.54, 1.807) is 6.92 Å². The molecular weight excluding hydrogens is 475 g/mol. The summed E-state index contributed by atoms with van der Waals surface area (Å²) in [5.74, 6) is -3.99. The minimum absolute atomic E-state index is 0.0243. The second-order valence-corrected chi connectivity index (χ2v) is 8.89. The Labute approximate surface area is 199 Å². The lowest BCUT2D eigenvalue weighted by Gasteiger charge is -2.28. The quantitative estimate of drug-likeness (QED) is 0.375. The fourth-order valence-corrected chi connectivity index (χ4v) is 4.20. The number of hydrogen-bond donors (Lipinski definition) is 0. The number of esters is 1. The Morgan fingerprint density at radius 3 is 2.44 bits per heavy atom. The van der Waals surface area contributed by atoms with Crippen molar-refractivity contribution in [3.63, 3.8) is 0 Å². The molecule has 1 aromatic heterocycles. The molecule has 6 nitrogen and oxygen atoms in total. The molecule has 0 saturated carbocycles. The number of nitrogens with zero attached hydrogens (tertiary/aromatic N) is 1. The lowest BCUT2D eigenvalue weighted by Crippen LogP contribution is -2.39. The molecule has 184 valence electrons. The van der Waals surface area contributed by atoms with E-state index in [-0.39, 0.29) is 39.6 Å². The zero-order valence-electron chi connectivity index (χ0n) is 19.3. The Kier molecular flexibility index (Phi) is 7.07. The van der Waals surface area contributed by atoms with Crippen LogP contribution in [0, 0.1) is 0 Å². The Hall–Kier alpha value is -2.94. The van der Waals surface area contributed by atoms with Crippen LogP contribution in [-0.4, -0.2) is 28.9 Å². The van der Waals surface area contributed by atoms with Gasteiger partial charge in [0.25, 0.3) is 0 Å². The first-order valence-corrected chi connectivity index (χ1v) is 11.0. The van der Waals surface area contributed by atoms with Crippen LogP contribution >= 0.6 is 11.6 Å². The fourth-order valence-electron chi connectivity index (χ4n) is 3.86. The predicted molar refractivity (Wildman–Crippen MR) is 121 cm³/mol. The fraction of sp³-hybridized carbons (Fsp3) is 0.417. The van der Waals surface area contributed by atoms with E-state index in [9.17, 15) is 22.8 Å². The molecule has 0 spiro atoms. The Bertz CT molecular complexity index is 1260. The van der Waals surface area contributed by atoms with E-state index < -0.39 is 35.3 Å². The van der Waals surface area contributed by atoms with Crippen LogP contribution in [0.5, 0.6) is 5.75 Å². The molecule has 0 aliphatic rings. The lowest BCUT2D eigenvalue weighted by atomic mass is 9.82. The van der Waals surface area contributed by atoms with Gasteiger partial charge in [-0.2, -0.15) is 13.2 Å². The monoisotopic (exact) mass is 499 g/mol. The van der Waals surface area contributed by atoms with E-state index in [0.29, 0.717) is 0 Å². The summed E-state index contributed by atoms with van der Waals surface area (Å²) in [6.07, 6.45) is -4.60. The van der Waals surface area contributed by atoms with Crippen molar-refractivity contribution in [1.82, 2.24) is 4.57 Å². The van der Waals surface area contributed by atoms with Crippen molar-refractivity contribution in [2.45, 2.75) is 51.3 Å². The number of aryl methyl sites for hydroxylation is 1. The molecule has 0 aliphatic heterocycles. The summed E-state index contributed by atoms with van der Waals surface area (Å²) in [4.78, 5) is 23.8. The van der Waals surface area contributed by atoms with Crippen LogP contribution in [0.25, 0.3) is 11.1 Å². The molecule has 0 aliphatic carbocycles. The van der Waals surface area contributed by atoms with Crippen molar-refractivity contribution in [2.24, 2.45) is 7.05 Å². The number of hydrogen-bond acceptors (Lipinski definition) is 5. The Morgan fingerprint density at radius 2 is 1.85 bits per heavy atom. The van der Waals surface area contributed by atoms with E-state index >= 15 is 0 Å². The number of halogens is 4. The molecule has 1 heterocycles. The molecule has 0 amide bonds. The minimum Gasteiger partial charge on any atom is -0.476 e. The molecule has 0 saturated heterocycles. The van der Waals surface area contributed by atoms with Gasteiger partial charge in [0.05, 0.1) is 18.0 Å². The van der Waals surface area contributed by atoms with Crippen LogP contribution in [0.1, 0.15) is 50.7 Å². The van der Waals surface area contributed by atoms with Crippen LogP contribution in [-0.2, 0) is 16.6 Å². The first kappa shape index (κ1) is 25.7. The summed E-state index contributed by atoms with van der Waals surface area (Å²) in [7, 11) is 1.43. The molecule has 2 atom stereocenters. The van der Waals surface area contributed by atoms with Crippen molar-refractivity contribution >= 4 is 28.7 Å². The zero-order valence-corrected chi connectivity index (χ0v) is 20.1. The predicted octanol–water partition coefficient (Wildman–Crippen LogP) is 5.96. The van der Waals surface area contributed by atoms with Gasteiger partial charge in [0, 0.05) is 12.1 Å². The number of benzene rings is 2. The maximum Gasteiger partial charge on any atom is 0.419 e. The average Bonchev–Trinajstić information content (AvgIpc) is 3.00. The third-order valence-corrected chi connectivity index (χ3v) is 5.96. The summed E-state index contributed by atoms with van der Waals surface area (Å²) in [5.41, 5.74) is -0.611. The molecule has 0 radical (unpaired) electrons. The van der Waals surface area contributed by atoms with Crippen molar-refractivity contribution in [3.8, 4) is 5.75 Å². The van der Waals surface area contributed by atoms with E-state index in [1.165, 1.54) is 64.2 Å². The number of carbonyl (C=O) groups excluding carboxylic acids is 1. The van der Waals surface area contributed by atoms with Crippen LogP contribution in [0.15, 0.2) is 45.6 Å². The van der Waals surface area contributed by atoms with Gasteiger partial charge in [-0.05, 0) is 62.1 Å². The Balaban J connectivity index is 1.97. The third kappa shape index (κ3) is 5.09. The summed E-state index contributed by atoms with van der Waals surface area (Å²) < 4.78 is 59.5. The average molecular weight is 500 g/mol. The SMILES string of the molecule is CCOC(=O)C(C)(C)Oc1ccc(C(C)C(c2ccc3oc(=O)n(C)c3c2)C(F)(F)F)c(Cl)c1. The number of fused-ring (bicyclic) bond motifs is 1. The molecule has 0 bridgehead atoms. The van der Waals surface area contributed by atoms with Gasteiger partial charge in [-0.1, -0.05) is 30.7 Å². The highest BCUT2D eigenvalue weighted by atomic mass is 35.5. The van der Waals surface area contributed by atoms with Crippen LogP contribution in [0.4, 0.5) is 13.2 Å². The van der Waals surface area contributed by atoms with Gasteiger partial charge in [-0.15, -0.1) is 0 Å². The number of aromatic nitrogens is 1. The molecular formula is C24H25ClF3NO5. The number of ether oxygens (including phenoxy) is 2. The molecule has 2 unspecified atom stereocenters. The van der Waals surface area contributed by atoms with E-state index in [1.807, 2.05) is 0 Å². The van der Waals surface area contributed by atoms with E-state index in [4.69, 9.17) is 25.5 Å². The van der Waals surface area contributed by atoms with Gasteiger partial charge in [0.1, 0.15) is 5.75 Å². The summed E-state index contributed by atoms with van der Waals surface area (Å²) in [5, 5.41) is 0.0655. The van der Waals surface area contributed by atoms with E-state index in [0.717, 1.165) is 4.57 Å². The molecule has 10 heteroatoms. The van der Waals surface area contributed by atoms with Gasteiger partial charge in [0.15, 0.2) is 11.2 Å². The highest BCUT2D eigenvalue weighted by Gasteiger charge is 2.45. The van der Waals surface area contributed by atoms with Gasteiger partial charge in [-0.25, -0.2) is 9.59 Å². The first-order chi connectivity index (χ1) is 15.8. The summed E-state index contributed by atoms with van der Waals surface area (Å²) >= 11 is 6.38. The molecule has 0 N–H and O–H groups in total. The van der Waals surface area contributed by atoms with Crippen LogP contribution < -0.4 is 10.5 Å². The smallest absolute Gasteiger partial charge is 0.419 e. The van der Waals surface area contributed by atoms with Crippen molar-refractivity contribution in [2.75, 3.05) is 6.61 Å². The molecule has 3 rings (SSSR count). The number of oxazole rings is 1. The molecule has 2 aromatic carbocycles. The maximum absolute atomic E-state index is 14.2. The number of carbonyl (C=O) groups is 1. The maximum atomic E-state index is 14.2. The van der Waals surface area contributed by atoms with Gasteiger partial charge < -0.3 is 13.9 Å². The number of alkyl halides is 3. The second-order valence-electron chi connectivity index (χ2n) is 8.48. The first-order valence-electron chi connectivity index (χ1n) is 10.6. The van der Waals surface area contributed by atoms with E-state index in [2.05, 4.69) is 0 Å². The number of rotatable bonds is 7. The Morgan fingerprint density at radius 1 is 1.18 bits per heavy atom. The zero-order chi connectivity index (χ0) is 25.4. The van der Waals surface area contributed by atoms with Crippen molar-refractivity contribution < 1.29 is 31.9 Å². The highest BCUT2D eigenvalue weighted by Crippen LogP contribution is 2.47. The topological polar surface area (TPSA) is 70.7 Å².